The molecule has 3 amide bonds. The third-order valence-electron chi connectivity index (χ3n) is 4.35. The van der Waals surface area contributed by atoms with Gasteiger partial charge in [0.2, 0.25) is 5.91 Å². The van der Waals surface area contributed by atoms with Crippen LogP contribution in [0.25, 0.3) is 10.8 Å². The van der Waals surface area contributed by atoms with Gasteiger partial charge < -0.3 is 5.32 Å². The van der Waals surface area contributed by atoms with Crippen molar-refractivity contribution in [2.24, 2.45) is 0 Å². The molecule has 1 heterocycles. The van der Waals surface area contributed by atoms with E-state index in [0.717, 1.165) is 5.56 Å². The molecule has 154 valence electrons. The second-order valence-electron chi connectivity index (χ2n) is 6.46. The zero-order chi connectivity index (χ0) is 21.5. The summed E-state index contributed by atoms with van der Waals surface area (Å²) in [6.07, 6.45) is 0.148. The average Bonchev–Trinajstić information content (AvgIpc) is 2.77. The maximum absolute atomic E-state index is 12.5. The summed E-state index contributed by atoms with van der Waals surface area (Å²) in [4.78, 5) is 48.7. The first-order chi connectivity index (χ1) is 14.5. The van der Waals surface area contributed by atoms with Gasteiger partial charge in [0.1, 0.15) is 0 Å². The van der Waals surface area contributed by atoms with Crippen LogP contribution in [0.4, 0.5) is 0 Å². The Morgan fingerprint density at radius 3 is 2.27 bits per heavy atom. The molecule has 3 N–H and O–H groups in total. The van der Waals surface area contributed by atoms with E-state index in [2.05, 4.69) is 21.3 Å². The zero-order valence-electron chi connectivity index (χ0n) is 16.3. The second kappa shape index (κ2) is 9.46. The molecule has 3 rings (SSSR count). The molecule has 9 heteroatoms. The van der Waals surface area contributed by atoms with Crippen molar-refractivity contribution in [2.75, 3.05) is 6.54 Å². The van der Waals surface area contributed by atoms with E-state index < -0.39 is 11.8 Å². The number of nitrogens with one attached hydrogen (secondary N) is 3. The van der Waals surface area contributed by atoms with E-state index in [1.165, 1.54) is 4.68 Å². The molecule has 3 aromatic rings. The predicted octanol–water partition coefficient (Wildman–Crippen LogP) is 0.536. The number of aromatic nitrogens is 2. The van der Waals surface area contributed by atoms with Crippen molar-refractivity contribution in [2.45, 2.75) is 19.9 Å². The van der Waals surface area contributed by atoms with E-state index in [9.17, 15) is 19.2 Å². The minimum atomic E-state index is -0.669. The molecule has 0 bridgehead atoms. The van der Waals surface area contributed by atoms with Crippen molar-refractivity contribution >= 4 is 28.5 Å². The molecule has 0 saturated heterocycles. The van der Waals surface area contributed by atoms with Gasteiger partial charge in [0.25, 0.3) is 17.4 Å². The van der Waals surface area contributed by atoms with Crippen molar-refractivity contribution in [3.63, 3.8) is 0 Å². The van der Waals surface area contributed by atoms with Crippen molar-refractivity contribution in [3.8, 4) is 0 Å². The Morgan fingerprint density at radius 1 is 0.900 bits per heavy atom. The monoisotopic (exact) mass is 407 g/mol. The lowest BCUT2D eigenvalue weighted by Crippen LogP contribution is -2.47. The molecule has 0 radical (unpaired) electrons. The van der Waals surface area contributed by atoms with Gasteiger partial charge in [0.15, 0.2) is 5.69 Å². The lowest BCUT2D eigenvalue weighted by Gasteiger charge is -2.11. The number of fused-ring (bicyclic) bond motifs is 1. The average molecular weight is 407 g/mol. The van der Waals surface area contributed by atoms with Crippen LogP contribution in [-0.4, -0.2) is 34.0 Å². The largest absolute Gasteiger partial charge is 0.347 e. The molecule has 2 aromatic carbocycles. The minimum Gasteiger partial charge on any atom is -0.347 e. The summed E-state index contributed by atoms with van der Waals surface area (Å²) in [5.41, 5.74) is 5.05. The summed E-state index contributed by atoms with van der Waals surface area (Å²) >= 11 is 0. The van der Waals surface area contributed by atoms with Gasteiger partial charge in [-0.05, 0) is 18.6 Å². The maximum Gasteiger partial charge on any atom is 0.290 e. The van der Waals surface area contributed by atoms with Crippen LogP contribution in [0, 0.1) is 0 Å². The summed E-state index contributed by atoms with van der Waals surface area (Å²) in [5.74, 6) is -1.58. The van der Waals surface area contributed by atoms with Crippen molar-refractivity contribution in [1.82, 2.24) is 25.9 Å². The summed E-state index contributed by atoms with van der Waals surface area (Å²) in [6, 6.07) is 15.7. The molecule has 0 aliphatic heterocycles. The number of carbonyl (C=O) groups excluding carboxylic acids is 3. The van der Waals surface area contributed by atoms with Gasteiger partial charge in [-0.25, -0.2) is 4.68 Å². The number of hydrogen-bond donors (Lipinski definition) is 3. The van der Waals surface area contributed by atoms with Crippen LogP contribution in [-0.2, 0) is 22.6 Å². The molecule has 0 spiro atoms. The van der Waals surface area contributed by atoms with E-state index in [1.807, 2.05) is 30.3 Å². The molecular formula is C21H21N5O4. The molecular weight excluding hydrogens is 386 g/mol. The van der Waals surface area contributed by atoms with E-state index in [0.29, 0.717) is 17.3 Å². The minimum absolute atomic E-state index is 0.0143. The van der Waals surface area contributed by atoms with Crippen LogP contribution in [0.2, 0.25) is 0 Å². The lowest BCUT2D eigenvalue weighted by atomic mass is 10.1. The fourth-order valence-electron chi connectivity index (χ4n) is 2.87. The zero-order valence-corrected chi connectivity index (χ0v) is 16.3. The number of rotatable bonds is 6. The summed E-state index contributed by atoms with van der Waals surface area (Å²) < 4.78 is 1.18. The standard InChI is InChI=1S/C21H21N5O4/c1-2-26-21(30)16-11-7-6-10-15(16)19(25-26)20(29)24-23-18(28)13-22-17(27)12-14-8-4-3-5-9-14/h3-11H,2,12-13H2,1H3,(H,22,27)(H,23,28)(H,24,29). The number of amides is 3. The number of hydrazine groups is 1. The van der Waals surface area contributed by atoms with E-state index in [1.54, 1.807) is 31.2 Å². The molecule has 0 saturated carbocycles. The lowest BCUT2D eigenvalue weighted by molar-refractivity contribution is -0.126. The summed E-state index contributed by atoms with van der Waals surface area (Å²) in [5, 5.41) is 7.32. The van der Waals surface area contributed by atoms with Crippen molar-refractivity contribution in [3.05, 3.63) is 76.2 Å². The number of carbonyl (C=O) groups is 3. The van der Waals surface area contributed by atoms with Crippen LogP contribution < -0.4 is 21.7 Å². The quantitative estimate of drug-likeness (QED) is 0.515. The van der Waals surface area contributed by atoms with Crippen molar-refractivity contribution < 1.29 is 14.4 Å². The van der Waals surface area contributed by atoms with Gasteiger partial charge >= 0.3 is 0 Å². The Kier molecular flexibility index (Phi) is 6.53. The van der Waals surface area contributed by atoms with Crippen LogP contribution in [0.5, 0.6) is 0 Å². The van der Waals surface area contributed by atoms with Crippen LogP contribution in [0.15, 0.2) is 59.4 Å². The van der Waals surface area contributed by atoms with Gasteiger partial charge in [-0.2, -0.15) is 5.10 Å². The van der Waals surface area contributed by atoms with Crippen molar-refractivity contribution in [1.29, 1.82) is 0 Å². The third kappa shape index (κ3) is 4.88. The van der Waals surface area contributed by atoms with Gasteiger partial charge in [0.05, 0.1) is 18.4 Å². The third-order valence-corrected chi connectivity index (χ3v) is 4.35. The fourth-order valence-corrected chi connectivity index (χ4v) is 2.87. The van der Waals surface area contributed by atoms with E-state index in [-0.39, 0.29) is 30.1 Å². The Morgan fingerprint density at radius 2 is 1.57 bits per heavy atom. The highest BCUT2D eigenvalue weighted by molar-refractivity contribution is 6.05. The molecule has 0 atom stereocenters. The first-order valence-electron chi connectivity index (χ1n) is 9.39. The Balaban J connectivity index is 1.59. The Hall–Kier alpha value is -4.01. The van der Waals surface area contributed by atoms with Crippen LogP contribution in [0.1, 0.15) is 23.0 Å². The smallest absolute Gasteiger partial charge is 0.290 e. The Labute approximate surface area is 172 Å². The molecule has 1 aromatic heterocycles. The van der Waals surface area contributed by atoms with Gasteiger partial charge in [0, 0.05) is 11.9 Å². The first-order valence-corrected chi connectivity index (χ1v) is 9.39. The molecule has 30 heavy (non-hydrogen) atoms. The highest BCUT2D eigenvalue weighted by atomic mass is 16.2. The highest BCUT2D eigenvalue weighted by Crippen LogP contribution is 2.12. The topological polar surface area (TPSA) is 122 Å². The van der Waals surface area contributed by atoms with Crippen LogP contribution in [0.3, 0.4) is 0 Å². The highest BCUT2D eigenvalue weighted by Gasteiger charge is 2.17. The number of nitrogens with zero attached hydrogens (tertiary/aromatic N) is 2. The second-order valence-corrected chi connectivity index (χ2v) is 6.46. The Bertz CT molecular complexity index is 1140. The summed E-state index contributed by atoms with van der Waals surface area (Å²) in [7, 11) is 0. The number of aryl methyl sites for hydroxylation is 1. The van der Waals surface area contributed by atoms with E-state index >= 15 is 0 Å². The number of hydrogen-bond acceptors (Lipinski definition) is 5. The molecule has 0 fully saturated rings. The SMILES string of the molecule is CCn1nc(C(=O)NNC(=O)CNC(=O)Cc2ccccc2)c2ccccc2c1=O. The molecule has 0 aliphatic rings. The van der Waals surface area contributed by atoms with Gasteiger partial charge in [-0.15, -0.1) is 0 Å². The van der Waals surface area contributed by atoms with Crippen LogP contribution >= 0.6 is 0 Å². The normalized spacial score (nSPS) is 10.4. The predicted molar refractivity (Wildman–Crippen MR) is 110 cm³/mol. The molecule has 0 unspecified atom stereocenters. The van der Waals surface area contributed by atoms with Gasteiger partial charge in [-0.1, -0.05) is 48.5 Å². The fraction of sp³-hybridized carbons (Fsp3) is 0.190. The van der Waals surface area contributed by atoms with Gasteiger partial charge in [-0.3, -0.25) is 30.0 Å². The maximum atomic E-state index is 12.5. The first kappa shape index (κ1) is 20.7. The molecule has 9 nitrogen and oxygen atoms in total. The van der Waals surface area contributed by atoms with E-state index in [4.69, 9.17) is 0 Å². The summed E-state index contributed by atoms with van der Waals surface area (Å²) in [6.45, 7) is 1.74. The number of benzene rings is 2. The molecule has 0 aliphatic carbocycles.